The van der Waals surface area contributed by atoms with Crippen LogP contribution in [-0.4, -0.2) is 26.8 Å². The smallest absolute Gasteiger partial charge is 0.276 e. The molecule has 0 saturated carbocycles. The van der Waals surface area contributed by atoms with Gasteiger partial charge in [0, 0.05) is 21.3 Å². The van der Waals surface area contributed by atoms with Gasteiger partial charge in [0.15, 0.2) is 6.61 Å². The van der Waals surface area contributed by atoms with Gasteiger partial charge in [-0.3, -0.25) is 25.2 Å². The van der Waals surface area contributed by atoms with Crippen molar-refractivity contribution in [1.82, 2.24) is 10.9 Å². The Morgan fingerprint density at radius 2 is 1.47 bits per heavy atom. The molecule has 8 nitrogen and oxygen atoms in total. The maximum Gasteiger partial charge on any atom is 0.276 e. The first-order chi connectivity index (χ1) is 15.2. The highest BCUT2D eigenvalue weighted by Gasteiger charge is 2.17. The van der Waals surface area contributed by atoms with Crippen LogP contribution >= 0.6 is 23.2 Å². The van der Waals surface area contributed by atoms with E-state index in [1.807, 2.05) is 0 Å². The van der Waals surface area contributed by atoms with Crippen LogP contribution in [0.1, 0.15) is 10.4 Å². The number of halogens is 2. The van der Waals surface area contributed by atoms with Gasteiger partial charge in [0.05, 0.1) is 4.90 Å². The predicted molar refractivity (Wildman–Crippen MR) is 121 cm³/mol. The Labute approximate surface area is 194 Å². The number of benzene rings is 3. The van der Waals surface area contributed by atoms with Gasteiger partial charge in [-0.2, -0.15) is 0 Å². The van der Waals surface area contributed by atoms with Crippen LogP contribution in [0.2, 0.25) is 10.0 Å². The molecule has 0 bridgehead atoms. The van der Waals surface area contributed by atoms with E-state index in [2.05, 4.69) is 15.6 Å². The summed E-state index contributed by atoms with van der Waals surface area (Å²) in [5, 5.41) is 0.994. The summed E-state index contributed by atoms with van der Waals surface area (Å²) in [7, 11) is -3.95. The largest absolute Gasteiger partial charge is 0.484 e. The Kier molecular flexibility index (Phi) is 7.57. The fraction of sp³-hybridized carbons (Fsp3) is 0.0476. The first-order valence-electron chi connectivity index (χ1n) is 9.09. The summed E-state index contributed by atoms with van der Waals surface area (Å²) in [4.78, 5) is 24.1. The van der Waals surface area contributed by atoms with E-state index in [-0.39, 0.29) is 17.1 Å². The number of nitrogens with one attached hydrogen (secondary N) is 3. The van der Waals surface area contributed by atoms with E-state index >= 15 is 0 Å². The van der Waals surface area contributed by atoms with Crippen LogP contribution in [0.25, 0.3) is 0 Å². The van der Waals surface area contributed by atoms with E-state index in [1.54, 1.807) is 36.4 Å². The fourth-order valence-corrected chi connectivity index (χ4v) is 3.81. The molecule has 0 fully saturated rings. The molecule has 0 heterocycles. The lowest BCUT2D eigenvalue weighted by Gasteiger charge is -2.11. The summed E-state index contributed by atoms with van der Waals surface area (Å²) in [6, 6.07) is 17.9. The first-order valence-corrected chi connectivity index (χ1v) is 11.3. The highest BCUT2D eigenvalue weighted by Crippen LogP contribution is 2.19. The average molecular weight is 494 g/mol. The maximum absolute atomic E-state index is 12.6. The van der Waals surface area contributed by atoms with Gasteiger partial charge < -0.3 is 4.74 Å². The predicted octanol–water partition coefficient (Wildman–Crippen LogP) is 3.63. The van der Waals surface area contributed by atoms with E-state index < -0.39 is 21.8 Å². The zero-order valence-corrected chi connectivity index (χ0v) is 18.7. The minimum Gasteiger partial charge on any atom is -0.484 e. The quantitative estimate of drug-likeness (QED) is 0.434. The molecule has 0 aliphatic rings. The van der Waals surface area contributed by atoms with Gasteiger partial charge in [-0.25, -0.2) is 8.42 Å². The monoisotopic (exact) mass is 493 g/mol. The second-order valence-electron chi connectivity index (χ2n) is 6.39. The van der Waals surface area contributed by atoms with Crippen LogP contribution in [0.4, 0.5) is 5.69 Å². The number of ether oxygens (including phenoxy) is 1. The van der Waals surface area contributed by atoms with Gasteiger partial charge in [0.1, 0.15) is 5.75 Å². The summed E-state index contributed by atoms with van der Waals surface area (Å²) < 4.78 is 32.9. The SMILES string of the molecule is O=C(COc1ccc(Cl)cc1)NNC(=O)c1cccc(S(=O)(=O)Nc2ccc(Cl)cc2)c1. The zero-order chi connectivity index (χ0) is 23.1. The van der Waals surface area contributed by atoms with Crippen LogP contribution < -0.4 is 20.3 Å². The van der Waals surface area contributed by atoms with Crippen molar-refractivity contribution in [2.75, 3.05) is 11.3 Å². The van der Waals surface area contributed by atoms with Crippen molar-refractivity contribution >= 4 is 50.7 Å². The van der Waals surface area contributed by atoms with Gasteiger partial charge >= 0.3 is 0 Å². The summed E-state index contributed by atoms with van der Waals surface area (Å²) in [6.45, 7) is -0.346. The highest BCUT2D eigenvalue weighted by molar-refractivity contribution is 7.92. The Bertz CT molecular complexity index is 1220. The summed E-state index contributed by atoms with van der Waals surface area (Å²) >= 11 is 11.6. The number of amides is 2. The number of anilines is 1. The molecule has 0 unspecified atom stereocenters. The number of carbonyl (C=O) groups is 2. The minimum absolute atomic E-state index is 0.0305. The van der Waals surface area contributed by atoms with Gasteiger partial charge in [0.25, 0.3) is 21.8 Å². The van der Waals surface area contributed by atoms with E-state index in [4.69, 9.17) is 27.9 Å². The summed E-state index contributed by atoms with van der Waals surface area (Å²) in [5.41, 5.74) is 4.76. The average Bonchev–Trinajstić information content (AvgIpc) is 2.78. The molecule has 0 atom stereocenters. The second kappa shape index (κ2) is 10.4. The molecule has 0 aliphatic heterocycles. The van der Waals surface area contributed by atoms with Gasteiger partial charge in [-0.1, -0.05) is 29.3 Å². The third-order valence-corrected chi connectivity index (χ3v) is 5.88. The van der Waals surface area contributed by atoms with E-state index in [9.17, 15) is 18.0 Å². The number of hydrogen-bond donors (Lipinski definition) is 3. The molecule has 0 aliphatic carbocycles. The fourth-order valence-electron chi connectivity index (χ4n) is 2.45. The summed E-state index contributed by atoms with van der Waals surface area (Å²) in [6.07, 6.45) is 0. The number of carbonyl (C=O) groups excluding carboxylic acids is 2. The molecule has 0 aromatic heterocycles. The molecule has 0 radical (unpaired) electrons. The van der Waals surface area contributed by atoms with Crippen molar-refractivity contribution in [3.05, 3.63) is 88.4 Å². The minimum atomic E-state index is -3.95. The third-order valence-electron chi connectivity index (χ3n) is 4.00. The van der Waals surface area contributed by atoms with Crippen molar-refractivity contribution in [2.24, 2.45) is 0 Å². The molecular formula is C21H17Cl2N3O5S. The molecule has 3 N–H and O–H groups in total. The third kappa shape index (κ3) is 6.61. The lowest BCUT2D eigenvalue weighted by Crippen LogP contribution is -2.43. The van der Waals surface area contributed by atoms with Gasteiger partial charge in [-0.15, -0.1) is 0 Å². The Morgan fingerprint density at radius 3 is 2.12 bits per heavy atom. The molecule has 3 rings (SSSR count). The topological polar surface area (TPSA) is 114 Å². The highest BCUT2D eigenvalue weighted by atomic mass is 35.5. The molecule has 0 spiro atoms. The Hall–Kier alpha value is -3.27. The molecule has 3 aromatic rings. The Morgan fingerprint density at radius 1 is 0.844 bits per heavy atom. The molecule has 11 heteroatoms. The second-order valence-corrected chi connectivity index (χ2v) is 8.94. The Balaban J connectivity index is 1.57. The first kappa shape index (κ1) is 23.4. The molecular weight excluding hydrogens is 477 g/mol. The van der Waals surface area contributed by atoms with Crippen LogP contribution in [-0.2, 0) is 14.8 Å². The van der Waals surface area contributed by atoms with E-state index in [0.29, 0.717) is 21.5 Å². The van der Waals surface area contributed by atoms with E-state index in [0.717, 1.165) is 0 Å². The van der Waals surface area contributed by atoms with Crippen molar-refractivity contribution in [3.63, 3.8) is 0 Å². The van der Waals surface area contributed by atoms with Gasteiger partial charge in [0.2, 0.25) is 0 Å². The van der Waals surface area contributed by atoms with E-state index in [1.165, 1.54) is 36.4 Å². The lowest BCUT2D eigenvalue weighted by atomic mass is 10.2. The van der Waals surface area contributed by atoms with Gasteiger partial charge in [-0.05, 0) is 66.7 Å². The lowest BCUT2D eigenvalue weighted by molar-refractivity contribution is -0.123. The molecule has 32 heavy (non-hydrogen) atoms. The van der Waals surface area contributed by atoms with Crippen molar-refractivity contribution in [2.45, 2.75) is 4.90 Å². The molecule has 166 valence electrons. The summed E-state index contributed by atoms with van der Waals surface area (Å²) in [5.74, 6) is -0.878. The zero-order valence-electron chi connectivity index (χ0n) is 16.3. The standard InChI is InChI=1S/C21H17Cl2N3O5S/c22-15-4-8-17(9-5-15)26-32(29,30)19-3-1-2-14(12-19)21(28)25-24-20(27)13-31-18-10-6-16(23)7-11-18/h1-12,26H,13H2,(H,24,27)(H,25,28). The maximum atomic E-state index is 12.6. The van der Waals surface area contributed by atoms with Crippen LogP contribution in [0, 0.1) is 0 Å². The molecule has 0 saturated heterocycles. The van der Waals surface area contributed by atoms with Crippen LogP contribution in [0.3, 0.4) is 0 Å². The van der Waals surface area contributed by atoms with Crippen LogP contribution in [0.15, 0.2) is 77.7 Å². The van der Waals surface area contributed by atoms with Crippen LogP contribution in [0.5, 0.6) is 5.75 Å². The number of rotatable bonds is 7. The van der Waals surface area contributed by atoms with Crippen molar-refractivity contribution in [1.29, 1.82) is 0 Å². The van der Waals surface area contributed by atoms with Crippen molar-refractivity contribution < 1.29 is 22.7 Å². The number of hydrazine groups is 1. The number of hydrogen-bond acceptors (Lipinski definition) is 5. The van der Waals surface area contributed by atoms with Crippen molar-refractivity contribution in [3.8, 4) is 5.75 Å². The molecule has 3 aromatic carbocycles. The normalized spacial score (nSPS) is 10.8. The number of sulfonamides is 1. The molecule has 2 amide bonds.